The van der Waals surface area contributed by atoms with Crippen LogP contribution in [0.15, 0.2) is 10.5 Å². The summed E-state index contributed by atoms with van der Waals surface area (Å²) in [6, 6.07) is 2.83. The standard InChI is InChI=1S/C17H31N3O/c1-13(2)9-18-10-17-14(3)8-16(21-17)12-20-7-6-19(5)15(4)11-20/h8,13,15,18H,6-7,9-12H2,1-5H3. The highest BCUT2D eigenvalue weighted by Crippen LogP contribution is 2.18. The van der Waals surface area contributed by atoms with Crippen molar-refractivity contribution in [2.45, 2.75) is 46.8 Å². The third-order valence-corrected chi connectivity index (χ3v) is 4.33. The molecule has 1 N–H and O–H groups in total. The van der Waals surface area contributed by atoms with Gasteiger partial charge < -0.3 is 14.6 Å². The lowest BCUT2D eigenvalue weighted by atomic mass is 10.2. The van der Waals surface area contributed by atoms with Gasteiger partial charge in [-0.25, -0.2) is 0 Å². The third-order valence-electron chi connectivity index (χ3n) is 4.33. The molecule has 1 aliphatic rings. The number of hydrogen-bond acceptors (Lipinski definition) is 4. The van der Waals surface area contributed by atoms with Gasteiger partial charge in [0.05, 0.1) is 13.1 Å². The van der Waals surface area contributed by atoms with Crippen LogP contribution in [0.4, 0.5) is 0 Å². The molecule has 0 spiro atoms. The molecule has 0 aromatic carbocycles. The highest BCUT2D eigenvalue weighted by atomic mass is 16.3. The van der Waals surface area contributed by atoms with Crippen molar-refractivity contribution in [1.29, 1.82) is 0 Å². The molecule has 1 aliphatic heterocycles. The minimum absolute atomic E-state index is 0.627. The van der Waals surface area contributed by atoms with E-state index in [2.05, 4.69) is 55.9 Å². The average molecular weight is 293 g/mol. The molecule has 120 valence electrons. The molecule has 2 heterocycles. The fraction of sp³-hybridized carbons (Fsp3) is 0.765. The average Bonchev–Trinajstić information content (AvgIpc) is 2.74. The van der Waals surface area contributed by atoms with Crippen LogP contribution in [0.2, 0.25) is 0 Å². The molecule has 1 fully saturated rings. The van der Waals surface area contributed by atoms with E-state index in [1.54, 1.807) is 0 Å². The Kier molecular flexibility index (Phi) is 5.85. The van der Waals surface area contributed by atoms with E-state index in [-0.39, 0.29) is 0 Å². The normalized spacial score (nSPS) is 21.3. The maximum Gasteiger partial charge on any atom is 0.120 e. The fourth-order valence-corrected chi connectivity index (χ4v) is 2.81. The predicted molar refractivity (Wildman–Crippen MR) is 87.4 cm³/mol. The van der Waals surface area contributed by atoms with Crippen LogP contribution < -0.4 is 5.32 Å². The van der Waals surface area contributed by atoms with E-state index < -0.39 is 0 Å². The number of rotatable bonds is 6. The van der Waals surface area contributed by atoms with Crippen molar-refractivity contribution in [3.63, 3.8) is 0 Å². The lowest BCUT2D eigenvalue weighted by Gasteiger charge is -2.37. The van der Waals surface area contributed by atoms with Crippen LogP contribution in [-0.4, -0.2) is 49.1 Å². The zero-order valence-electron chi connectivity index (χ0n) is 14.3. The van der Waals surface area contributed by atoms with Gasteiger partial charge >= 0.3 is 0 Å². The molecule has 1 unspecified atom stereocenters. The largest absolute Gasteiger partial charge is 0.463 e. The number of nitrogens with one attached hydrogen (secondary N) is 1. The van der Waals surface area contributed by atoms with Gasteiger partial charge in [0.2, 0.25) is 0 Å². The quantitative estimate of drug-likeness (QED) is 0.873. The number of furan rings is 1. The van der Waals surface area contributed by atoms with Gasteiger partial charge in [0, 0.05) is 25.7 Å². The Morgan fingerprint density at radius 2 is 2.14 bits per heavy atom. The van der Waals surface area contributed by atoms with Crippen LogP contribution in [0, 0.1) is 12.8 Å². The summed E-state index contributed by atoms with van der Waals surface area (Å²) in [5, 5.41) is 3.46. The lowest BCUT2D eigenvalue weighted by Crippen LogP contribution is -2.49. The van der Waals surface area contributed by atoms with Gasteiger partial charge in [0.25, 0.3) is 0 Å². The zero-order valence-corrected chi connectivity index (χ0v) is 14.3. The first kappa shape index (κ1) is 16.5. The Morgan fingerprint density at radius 3 is 2.81 bits per heavy atom. The second-order valence-electron chi connectivity index (χ2n) is 6.91. The summed E-state index contributed by atoms with van der Waals surface area (Å²) in [5.74, 6) is 2.87. The topological polar surface area (TPSA) is 31.6 Å². The molecular weight excluding hydrogens is 262 g/mol. The van der Waals surface area contributed by atoms with Crippen LogP contribution in [0.25, 0.3) is 0 Å². The lowest BCUT2D eigenvalue weighted by molar-refractivity contribution is 0.0943. The number of piperazine rings is 1. The summed E-state index contributed by atoms with van der Waals surface area (Å²) >= 11 is 0. The predicted octanol–water partition coefficient (Wildman–Crippen LogP) is 2.47. The highest BCUT2D eigenvalue weighted by molar-refractivity contribution is 5.20. The Morgan fingerprint density at radius 1 is 1.38 bits per heavy atom. The van der Waals surface area contributed by atoms with E-state index in [0.29, 0.717) is 12.0 Å². The monoisotopic (exact) mass is 293 g/mol. The summed E-state index contributed by atoms with van der Waals surface area (Å²) in [7, 11) is 2.21. The molecule has 1 aromatic rings. The maximum absolute atomic E-state index is 6.04. The molecule has 21 heavy (non-hydrogen) atoms. The maximum atomic E-state index is 6.04. The molecule has 1 atom stereocenters. The number of hydrogen-bond donors (Lipinski definition) is 1. The van der Waals surface area contributed by atoms with Crippen LogP contribution in [0.5, 0.6) is 0 Å². The first-order valence-electron chi connectivity index (χ1n) is 8.17. The van der Waals surface area contributed by atoms with Crippen molar-refractivity contribution < 1.29 is 4.42 Å². The van der Waals surface area contributed by atoms with E-state index in [9.17, 15) is 0 Å². The smallest absolute Gasteiger partial charge is 0.120 e. The molecule has 0 radical (unpaired) electrons. The van der Waals surface area contributed by atoms with E-state index in [1.165, 1.54) is 5.56 Å². The minimum atomic E-state index is 0.627. The summed E-state index contributed by atoms with van der Waals surface area (Å²) in [5.41, 5.74) is 1.27. The van der Waals surface area contributed by atoms with Crippen LogP contribution in [-0.2, 0) is 13.1 Å². The second kappa shape index (κ2) is 7.43. The van der Waals surface area contributed by atoms with E-state index in [1.807, 2.05) is 0 Å². The van der Waals surface area contributed by atoms with Crippen LogP contribution in [0.1, 0.15) is 37.9 Å². The molecule has 0 bridgehead atoms. The molecular formula is C17H31N3O. The van der Waals surface area contributed by atoms with Crippen molar-refractivity contribution in [2.75, 3.05) is 33.2 Å². The zero-order chi connectivity index (χ0) is 15.4. The van der Waals surface area contributed by atoms with Crippen molar-refractivity contribution in [3.05, 3.63) is 23.2 Å². The van der Waals surface area contributed by atoms with Gasteiger partial charge in [-0.05, 0) is 45.0 Å². The number of aryl methyl sites for hydroxylation is 1. The third kappa shape index (κ3) is 4.83. The SMILES string of the molecule is Cc1cc(CN2CCN(C)C(C)C2)oc1CNCC(C)C. The van der Waals surface area contributed by atoms with Gasteiger partial charge in [0.15, 0.2) is 0 Å². The van der Waals surface area contributed by atoms with Crippen molar-refractivity contribution >= 4 is 0 Å². The van der Waals surface area contributed by atoms with Crippen LogP contribution in [0.3, 0.4) is 0 Å². The Bertz CT molecular complexity index is 441. The fourth-order valence-electron chi connectivity index (χ4n) is 2.81. The van der Waals surface area contributed by atoms with Gasteiger partial charge in [-0.15, -0.1) is 0 Å². The first-order valence-corrected chi connectivity index (χ1v) is 8.17. The molecule has 4 heteroatoms. The van der Waals surface area contributed by atoms with E-state index >= 15 is 0 Å². The van der Waals surface area contributed by atoms with Crippen LogP contribution >= 0.6 is 0 Å². The molecule has 4 nitrogen and oxygen atoms in total. The Labute approximate surface area is 129 Å². The second-order valence-corrected chi connectivity index (χ2v) is 6.91. The molecule has 2 rings (SSSR count). The molecule has 1 saturated heterocycles. The van der Waals surface area contributed by atoms with E-state index in [0.717, 1.165) is 50.8 Å². The van der Waals surface area contributed by atoms with Gasteiger partial charge in [-0.1, -0.05) is 13.8 Å². The van der Waals surface area contributed by atoms with Gasteiger partial charge in [0.1, 0.15) is 11.5 Å². The molecule has 0 amide bonds. The minimum Gasteiger partial charge on any atom is -0.463 e. The van der Waals surface area contributed by atoms with Crippen molar-refractivity contribution in [2.24, 2.45) is 5.92 Å². The molecule has 0 saturated carbocycles. The van der Waals surface area contributed by atoms with E-state index in [4.69, 9.17) is 4.42 Å². The first-order chi connectivity index (χ1) is 9.95. The summed E-state index contributed by atoms with van der Waals surface area (Å²) < 4.78 is 6.04. The van der Waals surface area contributed by atoms with Crippen molar-refractivity contribution in [1.82, 2.24) is 15.1 Å². The Balaban J connectivity index is 1.86. The molecule has 0 aliphatic carbocycles. The molecule has 1 aromatic heterocycles. The Hall–Kier alpha value is -0.840. The van der Waals surface area contributed by atoms with Crippen molar-refractivity contribution in [3.8, 4) is 0 Å². The summed E-state index contributed by atoms with van der Waals surface area (Å²) in [6.07, 6.45) is 0. The summed E-state index contributed by atoms with van der Waals surface area (Å²) in [6.45, 7) is 15.1. The number of likely N-dealkylation sites (N-methyl/N-ethyl adjacent to an activating group) is 1. The van der Waals surface area contributed by atoms with Gasteiger partial charge in [-0.2, -0.15) is 0 Å². The number of nitrogens with zero attached hydrogens (tertiary/aromatic N) is 2. The summed E-state index contributed by atoms with van der Waals surface area (Å²) in [4.78, 5) is 4.92. The highest BCUT2D eigenvalue weighted by Gasteiger charge is 2.21. The van der Waals surface area contributed by atoms with Gasteiger partial charge in [-0.3, -0.25) is 4.90 Å².